The van der Waals surface area contributed by atoms with Crippen LogP contribution in [0.3, 0.4) is 0 Å². The van der Waals surface area contributed by atoms with Crippen LogP contribution in [-0.2, 0) is 0 Å². The van der Waals surface area contributed by atoms with Crippen molar-refractivity contribution in [1.82, 2.24) is 10.6 Å². The van der Waals surface area contributed by atoms with Crippen molar-refractivity contribution in [3.05, 3.63) is 36.6 Å². The van der Waals surface area contributed by atoms with E-state index in [1.165, 1.54) is 0 Å². The monoisotopic (exact) mass is 190 g/mol. The molecule has 1 aliphatic rings. The lowest BCUT2D eigenvalue weighted by Gasteiger charge is -1.81. The van der Waals surface area contributed by atoms with Crippen molar-refractivity contribution >= 4 is 11.0 Å². The van der Waals surface area contributed by atoms with Crippen LogP contribution in [0, 0.1) is 0 Å². The second-order valence-electron chi connectivity index (χ2n) is 3.14. The van der Waals surface area contributed by atoms with Crippen molar-refractivity contribution in [1.29, 1.82) is 0 Å². The first-order chi connectivity index (χ1) is 6.97. The van der Waals surface area contributed by atoms with Gasteiger partial charge in [0, 0.05) is 25.1 Å². The predicted octanol–water partition coefficient (Wildman–Crippen LogP) is 1.57. The molecule has 1 saturated heterocycles. The summed E-state index contributed by atoms with van der Waals surface area (Å²) in [4.78, 5) is 0. The summed E-state index contributed by atoms with van der Waals surface area (Å²) in [6.45, 7) is 3.28. The van der Waals surface area contributed by atoms with Crippen LogP contribution in [0.15, 0.2) is 41.0 Å². The molecule has 1 aromatic heterocycles. The van der Waals surface area contributed by atoms with Crippen LogP contribution in [0.1, 0.15) is 0 Å². The van der Waals surface area contributed by atoms with Crippen LogP contribution in [0.5, 0.6) is 0 Å². The standard InChI is InChI=1S/C8H6O.C3H8N2/c1-2-4-8-7(3-1)5-6-9-8;1-2-5-3-4-1/h1-6H;4-5H,1-3H2. The molecule has 1 aromatic carbocycles. The molecule has 3 nitrogen and oxygen atoms in total. The van der Waals surface area contributed by atoms with Crippen molar-refractivity contribution in [3.8, 4) is 0 Å². The van der Waals surface area contributed by atoms with Gasteiger partial charge in [-0.15, -0.1) is 0 Å². The smallest absolute Gasteiger partial charge is 0.133 e. The molecular weight excluding hydrogens is 176 g/mol. The highest BCUT2D eigenvalue weighted by Crippen LogP contribution is 2.12. The molecule has 1 fully saturated rings. The lowest BCUT2D eigenvalue weighted by atomic mass is 10.3. The highest BCUT2D eigenvalue weighted by molar-refractivity contribution is 5.76. The molecule has 74 valence electrons. The van der Waals surface area contributed by atoms with Gasteiger partial charge in [-0.05, 0) is 12.1 Å². The topological polar surface area (TPSA) is 37.2 Å². The zero-order valence-electron chi connectivity index (χ0n) is 7.99. The Morgan fingerprint density at radius 2 is 1.79 bits per heavy atom. The Labute approximate surface area is 83.1 Å². The molecule has 0 unspecified atom stereocenters. The number of fused-ring (bicyclic) bond motifs is 1. The van der Waals surface area contributed by atoms with E-state index in [1.54, 1.807) is 6.26 Å². The summed E-state index contributed by atoms with van der Waals surface area (Å²) in [6, 6.07) is 9.90. The molecule has 0 saturated carbocycles. The average Bonchev–Trinajstić information content (AvgIpc) is 2.92. The van der Waals surface area contributed by atoms with Gasteiger partial charge in [0.15, 0.2) is 0 Å². The number of para-hydroxylation sites is 1. The van der Waals surface area contributed by atoms with E-state index in [-0.39, 0.29) is 0 Å². The SMILES string of the molecule is C1CNCN1.c1ccc2occc2c1. The summed E-state index contributed by atoms with van der Waals surface area (Å²) < 4.78 is 5.12. The van der Waals surface area contributed by atoms with Gasteiger partial charge in [-0.2, -0.15) is 0 Å². The Hall–Kier alpha value is -1.32. The van der Waals surface area contributed by atoms with Gasteiger partial charge in [-0.3, -0.25) is 0 Å². The van der Waals surface area contributed by atoms with E-state index in [0.29, 0.717) is 0 Å². The van der Waals surface area contributed by atoms with Crippen LogP contribution >= 0.6 is 0 Å². The van der Waals surface area contributed by atoms with E-state index >= 15 is 0 Å². The molecule has 3 heteroatoms. The number of nitrogens with one attached hydrogen (secondary N) is 2. The zero-order valence-corrected chi connectivity index (χ0v) is 7.99. The largest absolute Gasteiger partial charge is 0.464 e. The van der Waals surface area contributed by atoms with Gasteiger partial charge in [0.05, 0.1) is 6.26 Å². The normalized spacial score (nSPS) is 15.1. The fraction of sp³-hybridized carbons (Fsp3) is 0.273. The highest BCUT2D eigenvalue weighted by atomic mass is 16.3. The Kier molecular flexibility index (Phi) is 3.16. The van der Waals surface area contributed by atoms with Crippen LogP contribution in [0.25, 0.3) is 11.0 Å². The lowest BCUT2D eigenvalue weighted by molar-refractivity contribution is 0.616. The van der Waals surface area contributed by atoms with E-state index in [9.17, 15) is 0 Å². The van der Waals surface area contributed by atoms with Gasteiger partial charge >= 0.3 is 0 Å². The quantitative estimate of drug-likeness (QED) is 0.662. The number of hydrogen-bond acceptors (Lipinski definition) is 3. The molecule has 0 spiro atoms. The lowest BCUT2D eigenvalue weighted by Crippen LogP contribution is -2.11. The van der Waals surface area contributed by atoms with E-state index in [0.717, 1.165) is 30.7 Å². The first-order valence-electron chi connectivity index (χ1n) is 4.80. The highest BCUT2D eigenvalue weighted by Gasteiger charge is 1.90. The van der Waals surface area contributed by atoms with Crippen LogP contribution < -0.4 is 10.6 Å². The van der Waals surface area contributed by atoms with Gasteiger partial charge in [0.1, 0.15) is 5.58 Å². The molecule has 0 amide bonds. The number of furan rings is 1. The second kappa shape index (κ2) is 4.79. The second-order valence-corrected chi connectivity index (χ2v) is 3.14. The maximum atomic E-state index is 5.12. The summed E-state index contributed by atoms with van der Waals surface area (Å²) in [6.07, 6.45) is 1.70. The molecule has 14 heavy (non-hydrogen) atoms. The van der Waals surface area contributed by atoms with Crippen molar-refractivity contribution in [2.24, 2.45) is 0 Å². The molecule has 0 atom stereocenters. The Morgan fingerprint density at radius 3 is 2.43 bits per heavy atom. The zero-order chi connectivity index (χ0) is 9.64. The number of hydrogen-bond donors (Lipinski definition) is 2. The molecule has 1 aliphatic heterocycles. The molecule has 3 rings (SSSR count). The number of benzene rings is 1. The van der Waals surface area contributed by atoms with Gasteiger partial charge in [-0.1, -0.05) is 18.2 Å². The molecule has 2 heterocycles. The predicted molar refractivity (Wildman–Crippen MR) is 57.1 cm³/mol. The molecule has 2 N–H and O–H groups in total. The third-order valence-electron chi connectivity index (χ3n) is 2.09. The van der Waals surface area contributed by atoms with Crippen molar-refractivity contribution in [2.75, 3.05) is 19.8 Å². The summed E-state index contributed by atoms with van der Waals surface area (Å²) >= 11 is 0. The molecule has 2 aromatic rings. The van der Waals surface area contributed by atoms with Crippen molar-refractivity contribution in [3.63, 3.8) is 0 Å². The van der Waals surface area contributed by atoms with E-state index in [4.69, 9.17) is 4.42 Å². The summed E-state index contributed by atoms with van der Waals surface area (Å²) in [5.41, 5.74) is 0.956. The van der Waals surface area contributed by atoms with Gasteiger partial charge < -0.3 is 15.1 Å². The maximum Gasteiger partial charge on any atom is 0.133 e. The summed E-state index contributed by atoms with van der Waals surface area (Å²) in [7, 11) is 0. The first-order valence-corrected chi connectivity index (χ1v) is 4.80. The van der Waals surface area contributed by atoms with Crippen molar-refractivity contribution < 1.29 is 4.42 Å². The third kappa shape index (κ3) is 2.34. The third-order valence-corrected chi connectivity index (χ3v) is 2.09. The minimum atomic E-state index is 0.956. The average molecular weight is 190 g/mol. The van der Waals surface area contributed by atoms with E-state index in [2.05, 4.69) is 10.6 Å². The van der Waals surface area contributed by atoms with E-state index in [1.807, 2.05) is 30.3 Å². The Morgan fingerprint density at radius 1 is 1.00 bits per heavy atom. The maximum absolute atomic E-state index is 5.12. The molecule has 0 aliphatic carbocycles. The first kappa shape index (κ1) is 9.24. The fourth-order valence-electron chi connectivity index (χ4n) is 1.35. The molecule has 0 radical (unpaired) electrons. The van der Waals surface area contributed by atoms with Crippen molar-refractivity contribution in [2.45, 2.75) is 0 Å². The Bertz CT molecular complexity index is 342. The van der Waals surface area contributed by atoms with Crippen LogP contribution in [0.4, 0.5) is 0 Å². The van der Waals surface area contributed by atoms with Crippen LogP contribution in [-0.4, -0.2) is 19.8 Å². The summed E-state index contributed by atoms with van der Waals surface area (Å²) in [5, 5.41) is 7.39. The fourth-order valence-corrected chi connectivity index (χ4v) is 1.35. The minimum absolute atomic E-state index is 0.956. The van der Waals surface area contributed by atoms with Gasteiger partial charge in [0.2, 0.25) is 0 Å². The molecule has 0 bridgehead atoms. The Balaban J connectivity index is 0.000000128. The van der Waals surface area contributed by atoms with Crippen LogP contribution in [0.2, 0.25) is 0 Å². The van der Waals surface area contributed by atoms with E-state index < -0.39 is 0 Å². The van der Waals surface area contributed by atoms with Gasteiger partial charge in [-0.25, -0.2) is 0 Å². The molecular formula is C11H14N2O. The minimum Gasteiger partial charge on any atom is -0.464 e. The summed E-state index contributed by atoms with van der Waals surface area (Å²) in [5.74, 6) is 0. The van der Waals surface area contributed by atoms with Gasteiger partial charge in [0.25, 0.3) is 0 Å². The number of rotatable bonds is 0.